The van der Waals surface area contributed by atoms with Gasteiger partial charge < -0.3 is 10.1 Å². The summed E-state index contributed by atoms with van der Waals surface area (Å²) in [6, 6.07) is 3.34. The summed E-state index contributed by atoms with van der Waals surface area (Å²) in [4.78, 5) is 21.1. The largest absolute Gasteiger partial charge is 0.383 e. The number of pyridine rings is 1. The van der Waals surface area contributed by atoms with Crippen molar-refractivity contribution in [3.8, 4) is 0 Å². The molecule has 2 aromatic heterocycles. The molecule has 0 aliphatic heterocycles. The first-order chi connectivity index (χ1) is 10.1. The standard InChI is InChI=1S/C14H19ClN4O2/c1-9-4-5-11-13(17-9)19(12(8-15)18-11)10(2)14(20)16-6-7-21-3/h4-5,10H,6-8H2,1-3H3,(H,16,20). The molecule has 114 valence electrons. The highest BCUT2D eigenvalue weighted by Crippen LogP contribution is 2.21. The van der Waals surface area contributed by atoms with E-state index < -0.39 is 6.04 Å². The van der Waals surface area contributed by atoms with Gasteiger partial charge in [-0.1, -0.05) is 0 Å². The fourth-order valence-electron chi connectivity index (χ4n) is 2.16. The van der Waals surface area contributed by atoms with Crippen molar-refractivity contribution in [1.82, 2.24) is 19.9 Å². The number of nitrogens with one attached hydrogen (secondary N) is 1. The van der Waals surface area contributed by atoms with Crippen LogP contribution < -0.4 is 5.32 Å². The predicted molar refractivity (Wildman–Crippen MR) is 81.4 cm³/mol. The summed E-state index contributed by atoms with van der Waals surface area (Å²) in [5.41, 5.74) is 2.30. The molecule has 0 saturated heterocycles. The minimum absolute atomic E-state index is 0.110. The maximum absolute atomic E-state index is 12.2. The second-order valence-corrected chi connectivity index (χ2v) is 5.05. The van der Waals surface area contributed by atoms with E-state index in [1.54, 1.807) is 11.7 Å². The zero-order valence-electron chi connectivity index (χ0n) is 12.4. The van der Waals surface area contributed by atoms with E-state index in [0.29, 0.717) is 24.6 Å². The van der Waals surface area contributed by atoms with E-state index >= 15 is 0 Å². The molecule has 2 aromatic rings. The number of nitrogens with zero attached hydrogens (tertiary/aromatic N) is 3. The zero-order chi connectivity index (χ0) is 15.4. The first kappa shape index (κ1) is 15.7. The molecule has 21 heavy (non-hydrogen) atoms. The van der Waals surface area contributed by atoms with E-state index in [1.807, 2.05) is 26.0 Å². The lowest BCUT2D eigenvalue weighted by Crippen LogP contribution is -2.33. The molecule has 1 unspecified atom stereocenters. The first-order valence-electron chi connectivity index (χ1n) is 6.75. The molecule has 0 radical (unpaired) electrons. The van der Waals surface area contributed by atoms with Crippen molar-refractivity contribution in [2.75, 3.05) is 20.3 Å². The third-order valence-corrected chi connectivity index (χ3v) is 3.48. The Morgan fingerprint density at radius 1 is 1.48 bits per heavy atom. The van der Waals surface area contributed by atoms with Crippen molar-refractivity contribution in [2.45, 2.75) is 25.8 Å². The first-order valence-corrected chi connectivity index (χ1v) is 7.29. The summed E-state index contributed by atoms with van der Waals surface area (Å²) < 4.78 is 6.72. The van der Waals surface area contributed by atoms with Crippen LogP contribution in [0.2, 0.25) is 0 Å². The molecule has 6 nitrogen and oxygen atoms in total. The van der Waals surface area contributed by atoms with Gasteiger partial charge in [0.05, 0.1) is 12.5 Å². The molecule has 0 aliphatic carbocycles. The number of hydrogen-bond acceptors (Lipinski definition) is 4. The molecule has 1 atom stereocenters. The third kappa shape index (κ3) is 3.33. The third-order valence-electron chi connectivity index (χ3n) is 3.24. The van der Waals surface area contributed by atoms with Gasteiger partial charge in [0.2, 0.25) is 5.91 Å². The van der Waals surface area contributed by atoms with Gasteiger partial charge in [-0.15, -0.1) is 11.6 Å². The highest BCUT2D eigenvalue weighted by atomic mass is 35.5. The molecule has 7 heteroatoms. The van der Waals surface area contributed by atoms with Crippen LogP contribution in [0.15, 0.2) is 12.1 Å². The van der Waals surface area contributed by atoms with E-state index in [-0.39, 0.29) is 11.8 Å². The van der Waals surface area contributed by atoms with Gasteiger partial charge in [0, 0.05) is 19.3 Å². The molecule has 0 bridgehead atoms. The summed E-state index contributed by atoms with van der Waals surface area (Å²) >= 11 is 5.96. The molecule has 0 saturated carbocycles. The summed E-state index contributed by atoms with van der Waals surface area (Å²) in [5, 5.41) is 2.82. The highest BCUT2D eigenvalue weighted by molar-refractivity contribution is 6.16. The van der Waals surface area contributed by atoms with Crippen molar-refractivity contribution < 1.29 is 9.53 Å². The Labute approximate surface area is 128 Å². The van der Waals surface area contributed by atoms with E-state index in [0.717, 1.165) is 11.2 Å². The smallest absolute Gasteiger partial charge is 0.242 e. The Kier molecular flexibility index (Phi) is 5.14. The van der Waals surface area contributed by atoms with Crippen LogP contribution in [0, 0.1) is 6.92 Å². The fourth-order valence-corrected chi connectivity index (χ4v) is 2.35. The Balaban J connectivity index is 2.34. The normalized spacial score (nSPS) is 12.6. The number of aryl methyl sites for hydroxylation is 1. The van der Waals surface area contributed by atoms with Gasteiger partial charge in [-0.05, 0) is 26.0 Å². The number of carbonyl (C=O) groups is 1. The summed E-state index contributed by atoms with van der Waals surface area (Å²) in [6.07, 6.45) is 0. The number of amides is 1. The molecule has 0 aromatic carbocycles. The molecule has 2 rings (SSSR count). The van der Waals surface area contributed by atoms with Crippen LogP contribution >= 0.6 is 11.6 Å². The van der Waals surface area contributed by atoms with Crippen LogP contribution in [0.4, 0.5) is 0 Å². The topological polar surface area (TPSA) is 69.0 Å². The summed E-state index contributed by atoms with van der Waals surface area (Å²) in [7, 11) is 1.59. The Morgan fingerprint density at radius 2 is 2.24 bits per heavy atom. The highest BCUT2D eigenvalue weighted by Gasteiger charge is 2.21. The average molecular weight is 311 g/mol. The molecule has 0 fully saturated rings. The number of ether oxygens (including phenoxy) is 1. The second-order valence-electron chi connectivity index (χ2n) is 4.79. The number of methoxy groups -OCH3 is 1. The van der Waals surface area contributed by atoms with Gasteiger partial charge in [-0.2, -0.15) is 0 Å². The van der Waals surface area contributed by atoms with Crippen LogP contribution in [0.3, 0.4) is 0 Å². The quantitative estimate of drug-likeness (QED) is 0.652. The minimum atomic E-state index is -0.435. The van der Waals surface area contributed by atoms with E-state index in [2.05, 4.69) is 15.3 Å². The van der Waals surface area contributed by atoms with Crippen LogP contribution in [0.5, 0.6) is 0 Å². The van der Waals surface area contributed by atoms with Gasteiger partial charge in [0.1, 0.15) is 17.4 Å². The second kappa shape index (κ2) is 6.87. The number of hydrogen-bond donors (Lipinski definition) is 1. The van der Waals surface area contributed by atoms with Crippen molar-refractivity contribution in [3.63, 3.8) is 0 Å². The number of imidazole rings is 1. The number of rotatable bonds is 6. The lowest BCUT2D eigenvalue weighted by molar-refractivity contribution is -0.124. The summed E-state index contributed by atoms with van der Waals surface area (Å²) in [6.45, 7) is 4.65. The number of halogens is 1. The fraction of sp³-hybridized carbons (Fsp3) is 0.500. The maximum atomic E-state index is 12.2. The maximum Gasteiger partial charge on any atom is 0.242 e. The van der Waals surface area contributed by atoms with Crippen LogP contribution in [-0.2, 0) is 15.4 Å². The number of alkyl halides is 1. The van der Waals surface area contributed by atoms with E-state index in [1.165, 1.54) is 0 Å². The summed E-state index contributed by atoms with van der Waals surface area (Å²) in [5.74, 6) is 0.755. The van der Waals surface area contributed by atoms with Crippen molar-refractivity contribution in [2.24, 2.45) is 0 Å². The van der Waals surface area contributed by atoms with E-state index in [4.69, 9.17) is 16.3 Å². The molecule has 2 heterocycles. The van der Waals surface area contributed by atoms with Crippen LogP contribution in [0.25, 0.3) is 11.2 Å². The van der Waals surface area contributed by atoms with Gasteiger partial charge >= 0.3 is 0 Å². The molecular formula is C14H19ClN4O2. The lowest BCUT2D eigenvalue weighted by Gasteiger charge is -2.16. The lowest BCUT2D eigenvalue weighted by atomic mass is 10.3. The van der Waals surface area contributed by atoms with Crippen molar-refractivity contribution in [3.05, 3.63) is 23.7 Å². The predicted octanol–water partition coefficient (Wildman–Crippen LogP) is 1.80. The average Bonchev–Trinajstić information content (AvgIpc) is 2.84. The number of aromatic nitrogens is 3. The monoisotopic (exact) mass is 310 g/mol. The molecule has 0 spiro atoms. The van der Waals surface area contributed by atoms with Crippen LogP contribution in [0.1, 0.15) is 24.5 Å². The van der Waals surface area contributed by atoms with Gasteiger partial charge in [-0.25, -0.2) is 9.97 Å². The number of fused-ring (bicyclic) bond motifs is 1. The molecule has 1 N–H and O–H groups in total. The van der Waals surface area contributed by atoms with Crippen molar-refractivity contribution >= 4 is 28.7 Å². The Hall–Kier alpha value is -1.66. The Bertz CT molecular complexity index is 641. The zero-order valence-corrected chi connectivity index (χ0v) is 13.1. The van der Waals surface area contributed by atoms with Crippen LogP contribution in [-0.4, -0.2) is 40.7 Å². The molecule has 1 amide bonds. The van der Waals surface area contributed by atoms with Gasteiger partial charge in [-0.3, -0.25) is 9.36 Å². The minimum Gasteiger partial charge on any atom is -0.383 e. The van der Waals surface area contributed by atoms with Gasteiger partial charge in [0.25, 0.3) is 0 Å². The molecular weight excluding hydrogens is 292 g/mol. The van der Waals surface area contributed by atoms with Crippen molar-refractivity contribution in [1.29, 1.82) is 0 Å². The SMILES string of the molecule is COCCNC(=O)C(C)n1c(CCl)nc2ccc(C)nc21. The molecule has 0 aliphatic rings. The van der Waals surface area contributed by atoms with Gasteiger partial charge in [0.15, 0.2) is 5.65 Å². The Morgan fingerprint density at radius 3 is 2.90 bits per heavy atom. The number of carbonyl (C=O) groups excluding carboxylic acids is 1. The van der Waals surface area contributed by atoms with E-state index in [9.17, 15) is 4.79 Å².